The molecule has 21 heavy (non-hydrogen) atoms. The van der Waals surface area contributed by atoms with Gasteiger partial charge in [-0.2, -0.15) is 0 Å². The van der Waals surface area contributed by atoms with Crippen molar-refractivity contribution >= 4 is 9.84 Å². The molecule has 118 valence electrons. The van der Waals surface area contributed by atoms with Crippen LogP contribution in [-0.4, -0.2) is 40.0 Å². The Morgan fingerprint density at radius 2 is 1.86 bits per heavy atom. The van der Waals surface area contributed by atoms with Gasteiger partial charge in [-0.05, 0) is 31.9 Å². The third-order valence-electron chi connectivity index (χ3n) is 4.16. The van der Waals surface area contributed by atoms with Crippen LogP contribution in [0.15, 0.2) is 29.2 Å². The number of aryl methyl sites for hydroxylation is 1. The van der Waals surface area contributed by atoms with Gasteiger partial charge in [0.25, 0.3) is 0 Å². The van der Waals surface area contributed by atoms with Crippen LogP contribution in [0.3, 0.4) is 0 Å². The Balaban J connectivity index is 2.17. The Hall–Kier alpha value is -0.910. The molecule has 0 aliphatic heterocycles. The molecule has 0 amide bonds. The lowest BCUT2D eigenvalue weighted by molar-refractivity contribution is 0.192. The first kappa shape index (κ1) is 16.5. The van der Waals surface area contributed by atoms with Gasteiger partial charge in [0, 0.05) is 19.7 Å². The van der Waals surface area contributed by atoms with Gasteiger partial charge in [-0.15, -0.1) is 0 Å². The van der Waals surface area contributed by atoms with Crippen molar-refractivity contribution in [3.05, 3.63) is 29.8 Å². The minimum Gasteiger partial charge on any atom is -0.383 e. The van der Waals surface area contributed by atoms with Gasteiger partial charge in [0.1, 0.15) is 0 Å². The molecule has 1 saturated carbocycles. The van der Waals surface area contributed by atoms with E-state index in [0.29, 0.717) is 18.0 Å². The van der Waals surface area contributed by atoms with Crippen LogP contribution in [0.5, 0.6) is 0 Å². The smallest absolute Gasteiger partial charge is 0.182 e. The topological polar surface area (TPSA) is 55.4 Å². The Bertz CT molecular complexity index is 539. The van der Waals surface area contributed by atoms with Crippen LogP contribution in [0.2, 0.25) is 0 Å². The predicted octanol–water partition coefficient (Wildman–Crippen LogP) is 2.32. The number of ether oxygens (including phenoxy) is 1. The van der Waals surface area contributed by atoms with Crippen LogP contribution < -0.4 is 5.32 Å². The predicted molar refractivity (Wildman–Crippen MR) is 84.3 cm³/mol. The van der Waals surface area contributed by atoms with E-state index in [4.69, 9.17) is 4.74 Å². The minimum absolute atomic E-state index is 0.0280. The van der Waals surface area contributed by atoms with Crippen LogP contribution >= 0.6 is 0 Å². The monoisotopic (exact) mass is 311 g/mol. The molecule has 0 radical (unpaired) electrons. The molecular formula is C16H25NO3S. The molecule has 1 aliphatic carbocycles. The van der Waals surface area contributed by atoms with Crippen molar-refractivity contribution in [3.8, 4) is 0 Å². The fraction of sp³-hybridized carbons (Fsp3) is 0.625. The zero-order valence-corrected chi connectivity index (χ0v) is 13.7. The molecule has 5 heteroatoms. The SMILES string of the molecule is COCCNC1CCCCC1S(=O)(=O)c1ccc(C)cc1. The van der Waals surface area contributed by atoms with Crippen LogP contribution in [-0.2, 0) is 14.6 Å². The summed E-state index contributed by atoms with van der Waals surface area (Å²) in [5, 5.41) is 3.03. The molecule has 0 bridgehead atoms. The summed E-state index contributed by atoms with van der Waals surface area (Å²) in [5.41, 5.74) is 1.08. The number of methoxy groups -OCH3 is 1. The second-order valence-corrected chi connectivity index (χ2v) is 7.90. The first-order valence-electron chi connectivity index (χ1n) is 7.58. The van der Waals surface area contributed by atoms with E-state index in [1.807, 2.05) is 19.1 Å². The maximum atomic E-state index is 12.9. The third-order valence-corrected chi connectivity index (χ3v) is 6.45. The van der Waals surface area contributed by atoms with Gasteiger partial charge in [0.15, 0.2) is 9.84 Å². The van der Waals surface area contributed by atoms with E-state index in [9.17, 15) is 8.42 Å². The normalized spacial score (nSPS) is 23.1. The lowest BCUT2D eigenvalue weighted by Gasteiger charge is -2.32. The van der Waals surface area contributed by atoms with Gasteiger partial charge in [0.2, 0.25) is 0 Å². The molecule has 0 spiro atoms. The van der Waals surface area contributed by atoms with E-state index in [1.165, 1.54) is 0 Å². The second kappa shape index (κ2) is 7.38. The number of benzene rings is 1. The van der Waals surface area contributed by atoms with Crippen molar-refractivity contribution in [3.63, 3.8) is 0 Å². The molecule has 1 aliphatic rings. The standard InChI is InChI=1S/C16H25NO3S/c1-13-7-9-14(10-8-13)21(18,19)16-6-4-3-5-15(16)17-11-12-20-2/h7-10,15-17H,3-6,11-12H2,1-2H3. The quantitative estimate of drug-likeness (QED) is 0.819. The van der Waals surface area contributed by atoms with E-state index >= 15 is 0 Å². The van der Waals surface area contributed by atoms with Gasteiger partial charge in [-0.25, -0.2) is 8.42 Å². The first-order valence-corrected chi connectivity index (χ1v) is 9.13. The van der Waals surface area contributed by atoms with Crippen molar-refractivity contribution in [2.24, 2.45) is 0 Å². The zero-order valence-electron chi connectivity index (χ0n) is 12.8. The minimum atomic E-state index is -3.27. The molecular weight excluding hydrogens is 286 g/mol. The summed E-state index contributed by atoms with van der Waals surface area (Å²) < 4.78 is 30.8. The van der Waals surface area contributed by atoms with Gasteiger partial charge < -0.3 is 10.1 Å². The number of sulfone groups is 1. The van der Waals surface area contributed by atoms with Gasteiger partial charge >= 0.3 is 0 Å². The third kappa shape index (κ3) is 4.05. The molecule has 2 rings (SSSR count). The maximum Gasteiger partial charge on any atom is 0.182 e. The molecule has 1 aromatic carbocycles. The Morgan fingerprint density at radius 1 is 1.19 bits per heavy atom. The van der Waals surface area contributed by atoms with Crippen molar-refractivity contribution < 1.29 is 13.2 Å². The van der Waals surface area contributed by atoms with E-state index in [2.05, 4.69) is 5.32 Å². The fourth-order valence-electron chi connectivity index (χ4n) is 2.95. The largest absolute Gasteiger partial charge is 0.383 e. The van der Waals surface area contributed by atoms with E-state index in [1.54, 1.807) is 19.2 Å². The molecule has 0 aromatic heterocycles. The van der Waals surface area contributed by atoms with Crippen LogP contribution in [0.1, 0.15) is 31.2 Å². The highest BCUT2D eigenvalue weighted by Gasteiger charge is 2.36. The number of hydrogen-bond donors (Lipinski definition) is 1. The van der Waals surface area contributed by atoms with Crippen molar-refractivity contribution in [1.29, 1.82) is 0 Å². The number of hydrogen-bond acceptors (Lipinski definition) is 4. The van der Waals surface area contributed by atoms with Crippen molar-refractivity contribution in [1.82, 2.24) is 5.32 Å². The molecule has 4 nitrogen and oxygen atoms in total. The summed E-state index contributed by atoms with van der Waals surface area (Å²) in [6, 6.07) is 7.21. The fourth-order valence-corrected chi connectivity index (χ4v) is 4.96. The molecule has 1 N–H and O–H groups in total. The Labute approximate surface area is 127 Å². The van der Waals surface area contributed by atoms with Crippen LogP contribution in [0.25, 0.3) is 0 Å². The number of rotatable bonds is 6. The van der Waals surface area contributed by atoms with Crippen molar-refractivity contribution in [2.75, 3.05) is 20.3 Å². The van der Waals surface area contributed by atoms with Gasteiger partial charge in [0.05, 0.1) is 16.8 Å². The van der Waals surface area contributed by atoms with Gasteiger partial charge in [-0.1, -0.05) is 30.5 Å². The van der Waals surface area contributed by atoms with Crippen molar-refractivity contribution in [2.45, 2.75) is 48.8 Å². The van der Waals surface area contributed by atoms with Crippen LogP contribution in [0.4, 0.5) is 0 Å². The zero-order chi connectivity index (χ0) is 15.3. The van der Waals surface area contributed by atoms with Gasteiger partial charge in [-0.3, -0.25) is 0 Å². The first-order chi connectivity index (χ1) is 10.1. The molecule has 0 saturated heterocycles. The number of nitrogens with one attached hydrogen (secondary N) is 1. The van der Waals surface area contributed by atoms with E-state index < -0.39 is 9.84 Å². The second-order valence-electron chi connectivity index (χ2n) is 5.73. The Kier molecular flexibility index (Phi) is 5.79. The maximum absolute atomic E-state index is 12.9. The molecule has 1 fully saturated rings. The average Bonchev–Trinajstić information content (AvgIpc) is 2.48. The van der Waals surface area contributed by atoms with E-state index in [0.717, 1.165) is 31.2 Å². The molecule has 1 aromatic rings. The molecule has 0 heterocycles. The summed E-state index contributed by atoms with van der Waals surface area (Å²) in [7, 11) is -1.61. The summed E-state index contributed by atoms with van der Waals surface area (Å²) in [5.74, 6) is 0. The molecule has 2 unspecified atom stereocenters. The van der Waals surface area contributed by atoms with E-state index in [-0.39, 0.29) is 11.3 Å². The Morgan fingerprint density at radius 3 is 2.52 bits per heavy atom. The lowest BCUT2D eigenvalue weighted by Crippen LogP contribution is -2.47. The summed E-state index contributed by atoms with van der Waals surface area (Å²) in [6.45, 7) is 3.26. The molecule has 2 atom stereocenters. The summed E-state index contributed by atoms with van der Waals surface area (Å²) >= 11 is 0. The van der Waals surface area contributed by atoms with Crippen LogP contribution in [0, 0.1) is 6.92 Å². The lowest BCUT2D eigenvalue weighted by atomic mass is 9.95. The highest BCUT2D eigenvalue weighted by atomic mass is 32.2. The average molecular weight is 311 g/mol. The highest BCUT2D eigenvalue weighted by Crippen LogP contribution is 2.29. The summed E-state index contributed by atoms with van der Waals surface area (Å²) in [6.07, 6.45) is 3.73. The highest BCUT2D eigenvalue weighted by molar-refractivity contribution is 7.92. The summed E-state index contributed by atoms with van der Waals surface area (Å²) in [4.78, 5) is 0.443.